The number of hydrogen-bond donors (Lipinski definition) is 0. The van der Waals surface area contributed by atoms with Gasteiger partial charge in [0.15, 0.2) is 0 Å². The molecule has 0 amide bonds. The summed E-state index contributed by atoms with van der Waals surface area (Å²) in [5, 5.41) is 0.0572. The molecule has 6 heteroatoms. The molecule has 4 nitrogen and oxygen atoms in total. The van der Waals surface area contributed by atoms with Crippen LogP contribution >= 0.6 is 12.2 Å². The maximum Gasteiger partial charge on any atom is 0.358 e. The zero-order valence-electron chi connectivity index (χ0n) is 12.2. The number of benzene rings is 1. The third kappa shape index (κ3) is 4.19. The van der Waals surface area contributed by atoms with Crippen molar-refractivity contribution in [3.05, 3.63) is 30.3 Å². The van der Waals surface area contributed by atoms with Crippen molar-refractivity contribution in [2.45, 2.75) is 24.4 Å². The second-order valence-corrected chi connectivity index (χ2v) is 5.40. The minimum absolute atomic E-state index is 0.0572. The third-order valence-electron chi connectivity index (χ3n) is 3.61. The molecule has 0 bridgehead atoms. The number of hydrogen-bond acceptors (Lipinski definition) is 5. The van der Waals surface area contributed by atoms with E-state index < -0.39 is 0 Å². The topological polar surface area (TPSA) is 36.9 Å². The lowest BCUT2D eigenvalue weighted by molar-refractivity contribution is -0.0281. The van der Waals surface area contributed by atoms with Crippen LogP contribution in [0.1, 0.15) is 6.42 Å². The Kier molecular flexibility index (Phi) is 6.02. The van der Waals surface area contributed by atoms with E-state index in [2.05, 4.69) is 0 Å². The van der Waals surface area contributed by atoms with Crippen LogP contribution in [0.4, 0.5) is 0 Å². The van der Waals surface area contributed by atoms with E-state index in [0.29, 0.717) is 12.4 Å². The Morgan fingerprint density at radius 1 is 1.24 bits per heavy atom. The van der Waals surface area contributed by atoms with Crippen LogP contribution in [0.5, 0.6) is 5.75 Å². The van der Waals surface area contributed by atoms with Gasteiger partial charge in [0.2, 0.25) is 0 Å². The highest BCUT2D eigenvalue weighted by molar-refractivity contribution is 7.79. The highest BCUT2D eigenvalue weighted by Gasteiger charge is 2.43. The van der Waals surface area contributed by atoms with Crippen LogP contribution in [0.3, 0.4) is 0 Å². The zero-order valence-corrected chi connectivity index (χ0v) is 13.0. The van der Waals surface area contributed by atoms with Crippen LogP contribution in [0.2, 0.25) is 5.82 Å². The second-order valence-electron chi connectivity index (χ2n) is 5.06. The predicted molar refractivity (Wildman–Crippen MR) is 84.8 cm³/mol. The molecular weight excluding hydrogens is 287 g/mol. The van der Waals surface area contributed by atoms with E-state index in [1.165, 1.54) is 0 Å². The van der Waals surface area contributed by atoms with Gasteiger partial charge in [0.1, 0.15) is 11.9 Å². The molecule has 0 aromatic heterocycles. The molecule has 1 aromatic rings. The molecule has 21 heavy (non-hydrogen) atoms. The molecule has 0 saturated heterocycles. The molecule has 2 radical (unpaired) electrons. The fourth-order valence-electron chi connectivity index (χ4n) is 2.71. The van der Waals surface area contributed by atoms with Crippen LogP contribution in [0.15, 0.2) is 30.3 Å². The van der Waals surface area contributed by atoms with Gasteiger partial charge >= 0.3 is 5.24 Å². The molecular formula is C15H19BO4S. The maximum absolute atomic E-state index is 6.13. The summed E-state index contributed by atoms with van der Waals surface area (Å²) >= 11 is 5.14. The Hall–Kier alpha value is -1.11. The summed E-state index contributed by atoms with van der Waals surface area (Å²) in [7, 11) is 9.44. The minimum atomic E-state index is -0.327. The van der Waals surface area contributed by atoms with Gasteiger partial charge < -0.3 is 18.9 Å². The Bertz CT molecular complexity index is 456. The Balaban J connectivity index is 1.95. The van der Waals surface area contributed by atoms with Gasteiger partial charge in [-0.1, -0.05) is 18.2 Å². The second kappa shape index (κ2) is 7.78. The Labute approximate surface area is 132 Å². The molecule has 0 aliphatic heterocycles. The van der Waals surface area contributed by atoms with Crippen LogP contribution in [-0.2, 0) is 14.2 Å². The fourth-order valence-corrected chi connectivity index (χ4v) is 2.91. The lowest BCUT2D eigenvalue weighted by atomic mass is 9.83. The van der Waals surface area contributed by atoms with Gasteiger partial charge in [0.05, 0.1) is 20.6 Å². The molecule has 1 aliphatic rings. The first-order valence-corrected chi connectivity index (χ1v) is 7.27. The molecule has 0 heterocycles. The first-order chi connectivity index (χ1) is 10.2. The Morgan fingerprint density at radius 2 is 1.95 bits per heavy atom. The molecule has 2 rings (SSSR count). The van der Waals surface area contributed by atoms with E-state index in [1.54, 1.807) is 14.2 Å². The van der Waals surface area contributed by atoms with E-state index in [0.717, 1.165) is 6.42 Å². The van der Waals surface area contributed by atoms with Crippen molar-refractivity contribution in [3.8, 4) is 5.75 Å². The van der Waals surface area contributed by atoms with Gasteiger partial charge in [-0.2, -0.15) is 0 Å². The SMILES string of the molecule is [B][C@@H]1C[C@H](COC)[C@H](OC)C1OC(=S)Oc1ccccc1. The van der Waals surface area contributed by atoms with Crippen LogP contribution in [0, 0.1) is 5.92 Å². The molecule has 1 aliphatic carbocycles. The van der Waals surface area contributed by atoms with Gasteiger partial charge in [-0.3, -0.25) is 0 Å². The number of rotatable bonds is 5. The van der Waals surface area contributed by atoms with E-state index in [9.17, 15) is 0 Å². The first-order valence-electron chi connectivity index (χ1n) is 6.86. The van der Waals surface area contributed by atoms with Gasteiger partial charge in [0, 0.05) is 32.4 Å². The fraction of sp³-hybridized carbons (Fsp3) is 0.533. The van der Waals surface area contributed by atoms with Crippen LogP contribution < -0.4 is 4.74 Å². The molecule has 1 fully saturated rings. The van der Waals surface area contributed by atoms with E-state index in [-0.39, 0.29) is 29.2 Å². The smallest absolute Gasteiger partial charge is 0.358 e. The lowest BCUT2D eigenvalue weighted by Crippen LogP contribution is -2.35. The highest BCUT2D eigenvalue weighted by Crippen LogP contribution is 2.38. The van der Waals surface area contributed by atoms with Crippen molar-refractivity contribution >= 4 is 25.3 Å². The molecule has 112 valence electrons. The van der Waals surface area contributed by atoms with E-state index >= 15 is 0 Å². The van der Waals surface area contributed by atoms with Crippen molar-refractivity contribution in [2.75, 3.05) is 20.8 Å². The van der Waals surface area contributed by atoms with Crippen molar-refractivity contribution in [2.24, 2.45) is 5.92 Å². The Morgan fingerprint density at radius 3 is 2.57 bits per heavy atom. The quantitative estimate of drug-likeness (QED) is 0.617. The number of thiocarbonyl (C=S) groups is 1. The zero-order chi connectivity index (χ0) is 15.2. The number of ether oxygens (including phenoxy) is 4. The summed E-state index contributed by atoms with van der Waals surface area (Å²) in [5.41, 5.74) is 0. The van der Waals surface area contributed by atoms with E-state index in [1.807, 2.05) is 30.3 Å². The van der Waals surface area contributed by atoms with E-state index in [4.69, 9.17) is 39.0 Å². The van der Waals surface area contributed by atoms with Crippen molar-refractivity contribution in [1.82, 2.24) is 0 Å². The molecule has 1 aromatic carbocycles. The van der Waals surface area contributed by atoms with Crippen molar-refractivity contribution < 1.29 is 18.9 Å². The third-order valence-corrected chi connectivity index (χ3v) is 3.79. The normalized spacial score (nSPS) is 28.3. The minimum Gasteiger partial charge on any atom is -0.451 e. The molecule has 1 unspecified atom stereocenters. The summed E-state index contributed by atoms with van der Waals surface area (Å²) in [6.07, 6.45) is 0.286. The predicted octanol–water partition coefficient (Wildman–Crippen LogP) is 2.37. The van der Waals surface area contributed by atoms with Gasteiger partial charge in [-0.25, -0.2) is 0 Å². The first kappa shape index (κ1) is 16.3. The molecule has 1 saturated carbocycles. The summed E-state index contributed by atoms with van der Waals surface area (Å²) < 4.78 is 21.9. The van der Waals surface area contributed by atoms with Crippen molar-refractivity contribution in [1.29, 1.82) is 0 Å². The molecule has 0 N–H and O–H groups in total. The van der Waals surface area contributed by atoms with Gasteiger partial charge in [-0.05, 0) is 24.4 Å². The highest BCUT2D eigenvalue weighted by atomic mass is 32.1. The monoisotopic (exact) mass is 306 g/mol. The largest absolute Gasteiger partial charge is 0.451 e. The lowest BCUT2D eigenvalue weighted by Gasteiger charge is -2.25. The molecule has 4 atom stereocenters. The van der Waals surface area contributed by atoms with Gasteiger partial charge in [-0.15, -0.1) is 0 Å². The summed E-state index contributed by atoms with van der Waals surface area (Å²) in [4.78, 5) is 0. The maximum atomic E-state index is 6.13. The number of methoxy groups -OCH3 is 2. The standard InChI is InChI=1S/C15H19BO4S/c1-17-9-10-8-12(16)14(13(10)18-2)20-15(21)19-11-6-4-3-5-7-11/h3-7,10,12-14H,8-9H2,1-2H3/t10-,12-,13+,14?/m1/s1. The van der Waals surface area contributed by atoms with Crippen LogP contribution in [0.25, 0.3) is 0 Å². The average Bonchev–Trinajstić information content (AvgIpc) is 2.76. The van der Waals surface area contributed by atoms with Gasteiger partial charge in [0.25, 0.3) is 0 Å². The number of para-hydroxylation sites is 1. The van der Waals surface area contributed by atoms with Crippen LogP contribution in [-0.4, -0.2) is 46.1 Å². The summed E-state index contributed by atoms with van der Waals surface area (Å²) in [5.74, 6) is 0.670. The van der Waals surface area contributed by atoms with Crippen molar-refractivity contribution in [3.63, 3.8) is 0 Å². The molecule has 0 spiro atoms. The average molecular weight is 306 g/mol. The summed E-state index contributed by atoms with van der Waals surface area (Å²) in [6, 6.07) is 9.26. The summed E-state index contributed by atoms with van der Waals surface area (Å²) in [6.45, 7) is 0.582.